The first-order valence-corrected chi connectivity index (χ1v) is 12.8. The van der Waals surface area contributed by atoms with E-state index in [9.17, 15) is 35.9 Å². The molecule has 0 spiro atoms. The molecule has 1 atom stereocenters. The van der Waals surface area contributed by atoms with Crippen molar-refractivity contribution in [3.05, 3.63) is 70.8 Å². The molecule has 0 bridgehead atoms. The Balaban J connectivity index is 1.59. The number of piperazine rings is 1. The Kier molecular flexibility index (Phi) is 8.03. The number of hydrogen-bond acceptors (Lipinski definition) is 3. The van der Waals surface area contributed by atoms with Crippen molar-refractivity contribution in [3.8, 4) is 0 Å². The van der Waals surface area contributed by atoms with Crippen LogP contribution >= 0.6 is 0 Å². The number of amides is 2. The highest BCUT2D eigenvalue weighted by atomic mass is 19.4. The standard InChI is InChI=1S/C28H31F6N3O2/c1-18(19-14-21(27(29,30)31)16-22(15-19)28(32,33)34)25(39)35-26(20-6-4-3-5-7-20)10-8-23(9-11-26)37-13-12-36(2)17-24(37)38/h3-7,14-16,18,23H,8-13,17H2,1-2H3,(H,35,39). The van der Waals surface area contributed by atoms with Gasteiger partial charge in [0.15, 0.2) is 0 Å². The lowest BCUT2D eigenvalue weighted by atomic mass is 9.74. The van der Waals surface area contributed by atoms with E-state index in [0.717, 1.165) is 12.1 Å². The van der Waals surface area contributed by atoms with Gasteiger partial charge >= 0.3 is 12.4 Å². The number of rotatable bonds is 5. The number of likely N-dealkylation sites (N-methyl/N-ethyl adjacent to an activating group) is 1. The Hall–Kier alpha value is -3.08. The monoisotopic (exact) mass is 555 g/mol. The van der Waals surface area contributed by atoms with Gasteiger partial charge in [-0.15, -0.1) is 0 Å². The van der Waals surface area contributed by atoms with Crippen LogP contribution in [0.3, 0.4) is 0 Å². The Morgan fingerprint density at radius 1 is 0.949 bits per heavy atom. The van der Waals surface area contributed by atoms with E-state index in [-0.39, 0.29) is 23.6 Å². The third-order valence-electron chi connectivity index (χ3n) is 7.89. The van der Waals surface area contributed by atoms with Crippen LogP contribution in [-0.4, -0.2) is 54.3 Å². The summed E-state index contributed by atoms with van der Waals surface area (Å²) in [5.74, 6) is -1.89. The van der Waals surface area contributed by atoms with Gasteiger partial charge in [-0.1, -0.05) is 30.3 Å². The molecule has 2 fully saturated rings. The van der Waals surface area contributed by atoms with Gasteiger partial charge in [0.05, 0.1) is 29.1 Å². The number of nitrogens with zero attached hydrogens (tertiary/aromatic N) is 2. The quantitative estimate of drug-likeness (QED) is 0.492. The summed E-state index contributed by atoms with van der Waals surface area (Å²) in [6.45, 7) is 3.01. The Morgan fingerprint density at radius 2 is 1.51 bits per heavy atom. The number of benzene rings is 2. The number of alkyl halides is 6. The minimum Gasteiger partial charge on any atom is -0.346 e. The molecule has 1 aliphatic heterocycles. The molecule has 2 aliphatic rings. The van der Waals surface area contributed by atoms with E-state index in [0.29, 0.717) is 50.9 Å². The van der Waals surface area contributed by atoms with E-state index in [1.54, 1.807) is 0 Å². The van der Waals surface area contributed by atoms with Crippen molar-refractivity contribution in [2.75, 3.05) is 26.7 Å². The fourth-order valence-electron chi connectivity index (χ4n) is 5.56. The van der Waals surface area contributed by atoms with Gasteiger partial charge in [-0.25, -0.2) is 0 Å². The summed E-state index contributed by atoms with van der Waals surface area (Å²) in [5, 5.41) is 2.99. The first-order chi connectivity index (χ1) is 18.2. The van der Waals surface area contributed by atoms with Crippen LogP contribution in [0.2, 0.25) is 0 Å². The Bertz CT molecular complexity index is 1160. The molecular weight excluding hydrogens is 524 g/mol. The maximum atomic E-state index is 13.4. The zero-order valence-electron chi connectivity index (χ0n) is 21.7. The summed E-state index contributed by atoms with van der Waals surface area (Å²) in [6, 6.07) is 10.4. The zero-order chi connectivity index (χ0) is 28.6. The highest BCUT2D eigenvalue weighted by Gasteiger charge is 2.43. The second-order valence-corrected chi connectivity index (χ2v) is 10.6. The van der Waals surface area contributed by atoms with Crippen LogP contribution in [0.15, 0.2) is 48.5 Å². The predicted octanol–water partition coefficient (Wildman–Crippen LogP) is 5.56. The van der Waals surface area contributed by atoms with E-state index in [2.05, 4.69) is 5.32 Å². The number of carbonyl (C=O) groups excluding carboxylic acids is 2. The summed E-state index contributed by atoms with van der Waals surface area (Å²) >= 11 is 0. The molecule has 1 saturated carbocycles. The molecule has 39 heavy (non-hydrogen) atoms. The van der Waals surface area contributed by atoms with E-state index in [4.69, 9.17) is 0 Å². The normalized spacial score (nSPS) is 23.9. The van der Waals surface area contributed by atoms with Crippen molar-refractivity contribution in [1.82, 2.24) is 15.1 Å². The molecule has 0 aromatic heterocycles. The van der Waals surface area contributed by atoms with Gasteiger partial charge in [-0.2, -0.15) is 26.3 Å². The number of carbonyl (C=O) groups is 2. The van der Waals surface area contributed by atoms with Crippen molar-refractivity contribution in [1.29, 1.82) is 0 Å². The van der Waals surface area contributed by atoms with Crippen LogP contribution in [0, 0.1) is 0 Å². The van der Waals surface area contributed by atoms with Gasteiger partial charge in [0.25, 0.3) is 0 Å². The number of nitrogens with one attached hydrogen (secondary N) is 1. The van der Waals surface area contributed by atoms with Crippen molar-refractivity contribution >= 4 is 11.8 Å². The lowest BCUT2D eigenvalue weighted by Gasteiger charge is -2.46. The second kappa shape index (κ2) is 10.8. The first kappa shape index (κ1) is 28.9. The molecule has 5 nitrogen and oxygen atoms in total. The smallest absolute Gasteiger partial charge is 0.346 e. The molecule has 1 N–H and O–H groups in total. The topological polar surface area (TPSA) is 52.7 Å². The Labute approximate surface area is 223 Å². The van der Waals surface area contributed by atoms with Gasteiger partial charge < -0.3 is 10.2 Å². The van der Waals surface area contributed by atoms with Crippen molar-refractivity contribution in [3.63, 3.8) is 0 Å². The molecule has 0 radical (unpaired) electrons. The summed E-state index contributed by atoms with van der Waals surface area (Å²) in [7, 11) is 1.88. The van der Waals surface area contributed by atoms with Gasteiger partial charge in [0.1, 0.15) is 0 Å². The molecule has 1 heterocycles. The van der Waals surface area contributed by atoms with Crippen LogP contribution < -0.4 is 5.32 Å². The number of hydrogen-bond donors (Lipinski definition) is 1. The summed E-state index contributed by atoms with van der Waals surface area (Å²) in [5.41, 5.74) is -3.35. The minimum atomic E-state index is -5.00. The van der Waals surface area contributed by atoms with Gasteiger partial charge in [0.2, 0.25) is 11.8 Å². The highest BCUT2D eigenvalue weighted by Crippen LogP contribution is 2.41. The lowest BCUT2D eigenvalue weighted by molar-refractivity contribution is -0.143. The molecule has 2 aromatic rings. The van der Waals surface area contributed by atoms with Crippen LogP contribution in [0.1, 0.15) is 60.8 Å². The molecule has 2 aromatic carbocycles. The Morgan fingerprint density at radius 3 is 2.03 bits per heavy atom. The summed E-state index contributed by atoms with van der Waals surface area (Å²) < 4.78 is 80.4. The van der Waals surface area contributed by atoms with E-state index >= 15 is 0 Å². The SMILES string of the molecule is CC(C(=O)NC1(c2ccccc2)CCC(N2CCN(C)CC2=O)CC1)c1cc(C(F)(F)F)cc(C(F)(F)F)c1. The van der Waals surface area contributed by atoms with Gasteiger partial charge in [0, 0.05) is 19.1 Å². The largest absolute Gasteiger partial charge is 0.416 e. The van der Waals surface area contributed by atoms with Crippen LogP contribution in [0.4, 0.5) is 26.3 Å². The third-order valence-corrected chi connectivity index (χ3v) is 7.89. The van der Waals surface area contributed by atoms with Crippen LogP contribution in [0.25, 0.3) is 0 Å². The molecule has 4 rings (SSSR count). The summed E-state index contributed by atoms with van der Waals surface area (Å²) in [6.07, 6.45) is -7.87. The molecule has 1 unspecified atom stereocenters. The van der Waals surface area contributed by atoms with E-state index in [1.807, 2.05) is 47.2 Å². The van der Waals surface area contributed by atoms with Gasteiger partial charge in [-0.3, -0.25) is 14.5 Å². The van der Waals surface area contributed by atoms with E-state index < -0.39 is 40.8 Å². The number of halogens is 6. The maximum Gasteiger partial charge on any atom is 0.416 e. The maximum absolute atomic E-state index is 13.4. The van der Waals surface area contributed by atoms with Crippen molar-refractivity contribution < 1.29 is 35.9 Å². The average molecular weight is 556 g/mol. The van der Waals surface area contributed by atoms with Crippen LogP contribution in [0.5, 0.6) is 0 Å². The first-order valence-electron chi connectivity index (χ1n) is 12.8. The van der Waals surface area contributed by atoms with Crippen LogP contribution in [-0.2, 0) is 27.5 Å². The molecule has 212 valence electrons. The fourth-order valence-corrected chi connectivity index (χ4v) is 5.56. The molecule has 11 heteroatoms. The zero-order valence-corrected chi connectivity index (χ0v) is 21.7. The fraction of sp³-hybridized carbons (Fsp3) is 0.500. The van der Waals surface area contributed by atoms with E-state index in [1.165, 1.54) is 6.92 Å². The van der Waals surface area contributed by atoms with Gasteiger partial charge in [-0.05, 0) is 69.0 Å². The molecule has 1 saturated heterocycles. The van der Waals surface area contributed by atoms with Crippen molar-refractivity contribution in [2.45, 2.75) is 62.5 Å². The third kappa shape index (κ3) is 6.40. The predicted molar refractivity (Wildman–Crippen MR) is 133 cm³/mol. The average Bonchev–Trinajstić information content (AvgIpc) is 2.88. The van der Waals surface area contributed by atoms with Crippen molar-refractivity contribution in [2.24, 2.45) is 0 Å². The second-order valence-electron chi connectivity index (χ2n) is 10.6. The molecular formula is C28H31F6N3O2. The lowest BCUT2D eigenvalue weighted by Crippen LogP contribution is -2.56. The molecule has 2 amide bonds. The molecule has 1 aliphatic carbocycles. The summed E-state index contributed by atoms with van der Waals surface area (Å²) in [4.78, 5) is 29.9. The highest BCUT2D eigenvalue weighted by molar-refractivity contribution is 5.84. The minimum absolute atomic E-state index is 0.00447.